The molecule has 0 saturated carbocycles. The molecule has 0 fully saturated rings. The van der Waals surface area contributed by atoms with E-state index in [1.165, 1.54) is 29.6 Å². The molecule has 0 unspecified atom stereocenters. The Kier molecular flexibility index (Phi) is 5.01. The van der Waals surface area contributed by atoms with Crippen LogP contribution in [0.15, 0.2) is 77.7 Å². The Morgan fingerprint density at radius 1 is 0.867 bits per heavy atom. The first-order valence-corrected chi connectivity index (χ1v) is 10.5. The quantitative estimate of drug-likeness (QED) is 0.617. The van der Waals surface area contributed by atoms with Gasteiger partial charge in [-0.2, -0.15) is 0 Å². The molecule has 1 aliphatic rings. The zero-order valence-corrected chi connectivity index (χ0v) is 16.8. The third-order valence-electron chi connectivity index (χ3n) is 4.82. The Hall–Kier alpha value is -3.65. The monoisotopic (exact) mass is 422 g/mol. The largest absolute Gasteiger partial charge is 0.497 e. The molecule has 0 aliphatic carbocycles. The normalized spacial score (nSPS) is 13.0. The van der Waals surface area contributed by atoms with Gasteiger partial charge in [0, 0.05) is 0 Å². The number of nitrogens with zero attached hydrogens (tertiary/aromatic N) is 1. The van der Waals surface area contributed by atoms with Gasteiger partial charge in [0.15, 0.2) is 0 Å². The summed E-state index contributed by atoms with van der Waals surface area (Å²) in [7, 11) is -2.50. The minimum absolute atomic E-state index is 0.0514. The Bertz CT molecular complexity index is 1220. The highest BCUT2D eigenvalue weighted by molar-refractivity contribution is 7.92. The number of anilines is 1. The number of sulfonamides is 1. The summed E-state index contributed by atoms with van der Waals surface area (Å²) < 4.78 is 33.5. The molecule has 0 radical (unpaired) electrons. The Morgan fingerprint density at radius 2 is 1.53 bits per heavy atom. The third-order valence-corrected chi connectivity index (χ3v) is 6.59. The second kappa shape index (κ2) is 7.64. The summed E-state index contributed by atoms with van der Waals surface area (Å²) in [5.41, 5.74) is 1.46. The van der Waals surface area contributed by atoms with E-state index >= 15 is 0 Å². The number of carbonyl (C=O) groups excluding carboxylic acids is 2. The predicted octanol–water partition coefficient (Wildman–Crippen LogP) is 2.97. The average molecular weight is 422 g/mol. The molecule has 8 heteroatoms. The van der Waals surface area contributed by atoms with Crippen molar-refractivity contribution < 1.29 is 22.7 Å². The SMILES string of the molecule is COc1ccc(N(Cc2ccccc2)S(=O)(=O)c2ccc3c(c2)C(=O)NC3=O)cc1. The van der Waals surface area contributed by atoms with E-state index in [1.54, 1.807) is 24.3 Å². The fraction of sp³-hybridized carbons (Fsp3) is 0.0909. The van der Waals surface area contributed by atoms with E-state index in [1.807, 2.05) is 30.3 Å². The molecule has 1 aliphatic heterocycles. The summed E-state index contributed by atoms with van der Waals surface area (Å²) in [6.07, 6.45) is 0. The fourth-order valence-corrected chi connectivity index (χ4v) is 4.73. The van der Waals surface area contributed by atoms with Crippen LogP contribution >= 0.6 is 0 Å². The summed E-state index contributed by atoms with van der Waals surface area (Å²) in [5, 5.41) is 2.17. The number of imide groups is 1. The molecule has 1 N–H and O–H groups in total. The molecule has 2 amide bonds. The predicted molar refractivity (Wildman–Crippen MR) is 111 cm³/mol. The number of nitrogens with one attached hydrogen (secondary N) is 1. The molecule has 0 atom stereocenters. The zero-order valence-electron chi connectivity index (χ0n) is 16.0. The van der Waals surface area contributed by atoms with Crippen LogP contribution in [-0.4, -0.2) is 27.3 Å². The Labute approximate surface area is 174 Å². The summed E-state index contributed by atoms with van der Waals surface area (Å²) in [5.74, 6) is -0.537. The van der Waals surface area contributed by atoms with Crippen LogP contribution in [0.2, 0.25) is 0 Å². The summed E-state index contributed by atoms with van der Waals surface area (Å²) in [6.45, 7) is 0.0950. The molecular weight excluding hydrogens is 404 g/mol. The van der Waals surface area contributed by atoms with Crippen LogP contribution in [0, 0.1) is 0 Å². The van der Waals surface area contributed by atoms with Gasteiger partial charge in [0.25, 0.3) is 21.8 Å². The smallest absolute Gasteiger partial charge is 0.264 e. The van der Waals surface area contributed by atoms with E-state index < -0.39 is 21.8 Å². The number of ether oxygens (including phenoxy) is 1. The first-order valence-electron chi connectivity index (χ1n) is 9.10. The lowest BCUT2D eigenvalue weighted by molar-refractivity contribution is 0.0879. The van der Waals surface area contributed by atoms with E-state index in [4.69, 9.17) is 4.74 Å². The van der Waals surface area contributed by atoms with E-state index in [2.05, 4.69) is 5.32 Å². The number of benzene rings is 3. The first-order chi connectivity index (χ1) is 14.4. The van der Waals surface area contributed by atoms with Gasteiger partial charge in [-0.3, -0.25) is 19.2 Å². The number of rotatable bonds is 6. The number of methoxy groups -OCH3 is 1. The van der Waals surface area contributed by atoms with E-state index in [0.717, 1.165) is 5.56 Å². The van der Waals surface area contributed by atoms with Gasteiger partial charge in [-0.25, -0.2) is 8.42 Å². The summed E-state index contributed by atoms with van der Waals surface area (Å²) >= 11 is 0. The van der Waals surface area contributed by atoms with Crippen molar-refractivity contribution in [2.24, 2.45) is 0 Å². The topological polar surface area (TPSA) is 92.8 Å². The lowest BCUT2D eigenvalue weighted by atomic mass is 10.1. The molecule has 1 heterocycles. The summed E-state index contributed by atoms with van der Waals surface area (Å²) in [6, 6.07) is 19.8. The lowest BCUT2D eigenvalue weighted by Gasteiger charge is -2.25. The average Bonchev–Trinajstić information content (AvgIpc) is 3.06. The number of hydrogen-bond acceptors (Lipinski definition) is 5. The Balaban J connectivity index is 1.80. The maximum absolute atomic E-state index is 13.6. The van der Waals surface area contributed by atoms with Crippen molar-refractivity contribution in [3.63, 3.8) is 0 Å². The van der Waals surface area contributed by atoms with Crippen molar-refractivity contribution in [3.05, 3.63) is 89.5 Å². The number of fused-ring (bicyclic) bond motifs is 1. The third kappa shape index (κ3) is 3.53. The number of carbonyl (C=O) groups is 2. The van der Waals surface area contributed by atoms with Crippen LogP contribution < -0.4 is 14.4 Å². The van der Waals surface area contributed by atoms with Gasteiger partial charge in [0.1, 0.15) is 5.75 Å². The van der Waals surface area contributed by atoms with Crippen LogP contribution in [0.1, 0.15) is 26.3 Å². The van der Waals surface area contributed by atoms with Gasteiger partial charge in [0.05, 0.1) is 35.4 Å². The van der Waals surface area contributed by atoms with E-state index in [9.17, 15) is 18.0 Å². The molecule has 30 heavy (non-hydrogen) atoms. The van der Waals surface area contributed by atoms with Gasteiger partial charge in [-0.05, 0) is 48.0 Å². The van der Waals surface area contributed by atoms with E-state index in [-0.39, 0.29) is 22.6 Å². The van der Waals surface area contributed by atoms with E-state index in [0.29, 0.717) is 11.4 Å². The first kappa shape index (κ1) is 19.7. The zero-order chi connectivity index (χ0) is 21.3. The molecule has 3 aromatic rings. The fourth-order valence-electron chi connectivity index (χ4n) is 3.25. The number of amides is 2. The highest BCUT2D eigenvalue weighted by Gasteiger charge is 2.31. The van der Waals surface area contributed by atoms with Crippen LogP contribution in [0.4, 0.5) is 5.69 Å². The molecule has 0 bridgehead atoms. The highest BCUT2D eigenvalue weighted by atomic mass is 32.2. The summed E-state index contributed by atoms with van der Waals surface area (Å²) in [4.78, 5) is 23.7. The Morgan fingerprint density at radius 3 is 2.20 bits per heavy atom. The van der Waals surface area contributed by atoms with Crippen molar-refractivity contribution in [2.75, 3.05) is 11.4 Å². The van der Waals surface area contributed by atoms with Gasteiger partial charge < -0.3 is 4.74 Å². The number of hydrogen-bond donors (Lipinski definition) is 1. The van der Waals surface area contributed by atoms with Crippen LogP contribution in [-0.2, 0) is 16.6 Å². The van der Waals surface area contributed by atoms with Crippen molar-refractivity contribution in [1.29, 1.82) is 0 Å². The molecule has 0 spiro atoms. The van der Waals surface area contributed by atoms with Crippen LogP contribution in [0.3, 0.4) is 0 Å². The van der Waals surface area contributed by atoms with Crippen molar-refractivity contribution in [3.8, 4) is 5.75 Å². The molecule has 4 rings (SSSR count). The van der Waals surface area contributed by atoms with Crippen LogP contribution in [0.25, 0.3) is 0 Å². The molecule has 3 aromatic carbocycles. The lowest BCUT2D eigenvalue weighted by Crippen LogP contribution is -2.30. The molecule has 0 saturated heterocycles. The van der Waals surface area contributed by atoms with Crippen molar-refractivity contribution in [1.82, 2.24) is 5.32 Å². The molecule has 152 valence electrons. The van der Waals surface area contributed by atoms with Gasteiger partial charge in [-0.1, -0.05) is 30.3 Å². The second-order valence-corrected chi connectivity index (χ2v) is 8.55. The maximum atomic E-state index is 13.6. The maximum Gasteiger partial charge on any atom is 0.264 e. The standard InChI is InChI=1S/C22H18N2O5S/c1-29-17-9-7-16(8-10-17)24(14-15-5-3-2-4-6-15)30(27,28)18-11-12-19-20(13-18)22(26)23-21(19)25/h2-13H,14H2,1H3,(H,23,25,26). The highest BCUT2D eigenvalue weighted by Crippen LogP contribution is 2.29. The molecule has 7 nitrogen and oxygen atoms in total. The second-order valence-electron chi connectivity index (χ2n) is 6.69. The molecule has 0 aromatic heterocycles. The minimum Gasteiger partial charge on any atom is -0.497 e. The van der Waals surface area contributed by atoms with Gasteiger partial charge >= 0.3 is 0 Å². The van der Waals surface area contributed by atoms with Crippen LogP contribution in [0.5, 0.6) is 5.75 Å². The molecular formula is C22H18N2O5S. The van der Waals surface area contributed by atoms with Crippen molar-refractivity contribution in [2.45, 2.75) is 11.4 Å². The van der Waals surface area contributed by atoms with Gasteiger partial charge in [0.2, 0.25) is 0 Å². The van der Waals surface area contributed by atoms with Crippen molar-refractivity contribution >= 4 is 27.5 Å². The minimum atomic E-state index is -4.03. The van der Waals surface area contributed by atoms with Gasteiger partial charge in [-0.15, -0.1) is 0 Å².